The van der Waals surface area contributed by atoms with Crippen LogP contribution in [0.2, 0.25) is 0 Å². The van der Waals surface area contributed by atoms with Crippen LogP contribution in [0.25, 0.3) is 0 Å². The van der Waals surface area contributed by atoms with Crippen LogP contribution in [0.5, 0.6) is 0 Å². The number of esters is 2. The SMILES string of the molecule is C=C(CC(=O)OCCOCCOCCOCCO)C(=O)OC(C)C. The van der Waals surface area contributed by atoms with Crippen molar-refractivity contribution in [2.45, 2.75) is 26.4 Å². The van der Waals surface area contributed by atoms with Crippen molar-refractivity contribution < 1.29 is 38.4 Å². The summed E-state index contributed by atoms with van der Waals surface area (Å²) in [6.07, 6.45) is -0.468. The Balaban J connectivity index is 3.46. The third-order valence-corrected chi connectivity index (χ3v) is 2.46. The van der Waals surface area contributed by atoms with E-state index in [0.717, 1.165) is 0 Å². The molecule has 0 aromatic heterocycles. The zero-order valence-corrected chi connectivity index (χ0v) is 14.5. The lowest BCUT2D eigenvalue weighted by atomic mass is 10.2. The van der Waals surface area contributed by atoms with Crippen LogP contribution >= 0.6 is 0 Å². The van der Waals surface area contributed by atoms with Gasteiger partial charge in [-0.25, -0.2) is 4.79 Å². The van der Waals surface area contributed by atoms with Crippen molar-refractivity contribution in [3.8, 4) is 0 Å². The minimum absolute atomic E-state index is 0.00586. The molecule has 8 nitrogen and oxygen atoms in total. The second-order valence-corrected chi connectivity index (χ2v) is 5.02. The zero-order chi connectivity index (χ0) is 18.2. The molecule has 0 aliphatic carbocycles. The van der Waals surface area contributed by atoms with Gasteiger partial charge in [-0.05, 0) is 13.8 Å². The third kappa shape index (κ3) is 14.1. The standard InChI is InChI=1S/C16H28O8/c1-13(2)24-16(19)14(3)12-15(18)23-11-10-22-9-8-21-7-6-20-5-4-17/h13,17H,3-12H2,1-2H3. The van der Waals surface area contributed by atoms with Crippen LogP contribution < -0.4 is 0 Å². The van der Waals surface area contributed by atoms with E-state index < -0.39 is 11.9 Å². The first kappa shape index (κ1) is 22.5. The van der Waals surface area contributed by atoms with Crippen LogP contribution in [0.3, 0.4) is 0 Å². The Morgan fingerprint density at radius 1 is 0.917 bits per heavy atom. The van der Waals surface area contributed by atoms with E-state index in [1.165, 1.54) is 0 Å². The highest BCUT2D eigenvalue weighted by molar-refractivity contribution is 5.93. The fraction of sp³-hybridized carbons (Fsp3) is 0.750. The number of rotatable bonds is 15. The van der Waals surface area contributed by atoms with Gasteiger partial charge in [0, 0.05) is 5.57 Å². The monoisotopic (exact) mass is 348 g/mol. The summed E-state index contributed by atoms with van der Waals surface area (Å²) >= 11 is 0. The summed E-state index contributed by atoms with van der Waals surface area (Å²) in [5.74, 6) is -1.15. The van der Waals surface area contributed by atoms with E-state index in [1.807, 2.05) is 0 Å². The quantitative estimate of drug-likeness (QED) is 0.259. The van der Waals surface area contributed by atoms with Crippen LogP contribution in [0.1, 0.15) is 20.3 Å². The number of carbonyl (C=O) groups excluding carboxylic acids is 2. The Morgan fingerprint density at radius 3 is 1.92 bits per heavy atom. The Labute approximate surface area is 142 Å². The van der Waals surface area contributed by atoms with Crippen LogP contribution in [-0.4, -0.2) is 76.0 Å². The summed E-state index contributed by atoms with van der Waals surface area (Å²) in [5, 5.41) is 8.49. The highest BCUT2D eigenvalue weighted by Crippen LogP contribution is 2.05. The Bertz CT molecular complexity index is 367. The lowest BCUT2D eigenvalue weighted by Gasteiger charge is -2.10. The van der Waals surface area contributed by atoms with Crippen LogP contribution in [0.4, 0.5) is 0 Å². The molecule has 0 aliphatic heterocycles. The van der Waals surface area contributed by atoms with E-state index in [2.05, 4.69) is 6.58 Å². The van der Waals surface area contributed by atoms with Gasteiger partial charge in [0.25, 0.3) is 0 Å². The molecular formula is C16H28O8. The van der Waals surface area contributed by atoms with E-state index in [1.54, 1.807) is 13.8 Å². The summed E-state index contributed by atoms with van der Waals surface area (Å²) in [6, 6.07) is 0. The van der Waals surface area contributed by atoms with Crippen molar-refractivity contribution in [3.05, 3.63) is 12.2 Å². The number of ether oxygens (including phenoxy) is 5. The maximum atomic E-state index is 11.5. The van der Waals surface area contributed by atoms with E-state index >= 15 is 0 Å². The van der Waals surface area contributed by atoms with Gasteiger partial charge >= 0.3 is 11.9 Å². The van der Waals surface area contributed by atoms with Gasteiger partial charge in [0.1, 0.15) is 6.61 Å². The first-order chi connectivity index (χ1) is 11.5. The smallest absolute Gasteiger partial charge is 0.334 e. The van der Waals surface area contributed by atoms with Crippen LogP contribution in [0, 0.1) is 0 Å². The molecule has 0 unspecified atom stereocenters. The fourth-order valence-corrected chi connectivity index (χ4v) is 1.42. The Kier molecular flexibility index (Phi) is 14.1. The van der Waals surface area contributed by atoms with E-state index in [-0.39, 0.29) is 37.9 Å². The molecule has 0 atom stereocenters. The second-order valence-electron chi connectivity index (χ2n) is 5.02. The number of hydrogen-bond acceptors (Lipinski definition) is 8. The van der Waals surface area contributed by atoms with Gasteiger partial charge in [0.15, 0.2) is 0 Å². The van der Waals surface area contributed by atoms with Gasteiger partial charge in [0.2, 0.25) is 0 Å². The average Bonchev–Trinajstić information content (AvgIpc) is 2.51. The van der Waals surface area contributed by atoms with Gasteiger partial charge in [-0.15, -0.1) is 0 Å². The average molecular weight is 348 g/mol. The summed E-state index contributed by atoms with van der Waals surface area (Å²) in [5.41, 5.74) is 0.0615. The van der Waals surface area contributed by atoms with Gasteiger partial charge in [-0.2, -0.15) is 0 Å². The molecule has 1 N–H and O–H groups in total. The minimum atomic E-state index is -0.599. The van der Waals surface area contributed by atoms with E-state index in [0.29, 0.717) is 33.0 Å². The lowest BCUT2D eigenvalue weighted by Crippen LogP contribution is -2.18. The highest BCUT2D eigenvalue weighted by Gasteiger charge is 2.15. The molecule has 0 spiro atoms. The maximum absolute atomic E-state index is 11.5. The molecule has 0 radical (unpaired) electrons. The molecule has 0 aromatic carbocycles. The van der Waals surface area contributed by atoms with Crippen molar-refractivity contribution in [3.63, 3.8) is 0 Å². The predicted octanol–water partition coefficient (Wildman–Crippen LogP) is 0.470. The molecule has 0 saturated heterocycles. The first-order valence-corrected chi connectivity index (χ1v) is 7.85. The minimum Gasteiger partial charge on any atom is -0.463 e. The number of carbonyl (C=O) groups is 2. The molecule has 0 fully saturated rings. The van der Waals surface area contributed by atoms with Crippen molar-refractivity contribution in [1.82, 2.24) is 0 Å². The first-order valence-electron chi connectivity index (χ1n) is 7.85. The summed E-state index contributed by atoms with van der Waals surface area (Å²) in [6.45, 7) is 9.16. The van der Waals surface area contributed by atoms with Crippen LogP contribution in [0.15, 0.2) is 12.2 Å². The van der Waals surface area contributed by atoms with Gasteiger partial charge in [-0.3, -0.25) is 4.79 Å². The molecule has 0 bridgehead atoms. The molecule has 0 rings (SSSR count). The zero-order valence-electron chi connectivity index (χ0n) is 14.5. The largest absolute Gasteiger partial charge is 0.463 e. The number of hydrogen-bond donors (Lipinski definition) is 1. The van der Waals surface area contributed by atoms with E-state index in [9.17, 15) is 9.59 Å². The maximum Gasteiger partial charge on any atom is 0.334 e. The molecule has 140 valence electrons. The summed E-state index contributed by atoms with van der Waals surface area (Å²) in [7, 11) is 0. The molecule has 0 saturated carbocycles. The highest BCUT2D eigenvalue weighted by atomic mass is 16.6. The molecule has 8 heteroatoms. The number of aliphatic hydroxyl groups is 1. The van der Waals surface area contributed by atoms with Crippen LogP contribution in [-0.2, 0) is 33.3 Å². The van der Waals surface area contributed by atoms with Gasteiger partial charge in [-0.1, -0.05) is 6.58 Å². The summed E-state index contributed by atoms with van der Waals surface area (Å²) < 4.78 is 25.3. The van der Waals surface area contributed by atoms with E-state index in [4.69, 9.17) is 28.8 Å². The normalized spacial score (nSPS) is 10.7. The van der Waals surface area contributed by atoms with Gasteiger partial charge in [0.05, 0.1) is 58.8 Å². The predicted molar refractivity (Wildman–Crippen MR) is 85.5 cm³/mol. The Hall–Kier alpha value is -1.48. The molecular weight excluding hydrogens is 320 g/mol. The molecule has 24 heavy (non-hydrogen) atoms. The Morgan fingerprint density at radius 2 is 1.42 bits per heavy atom. The number of aliphatic hydroxyl groups excluding tert-OH is 1. The molecule has 0 aromatic rings. The van der Waals surface area contributed by atoms with Gasteiger partial charge < -0.3 is 28.8 Å². The molecule has 0 heterocycles. The van der Waals surface area contributed by atoms with Crippen molar-refractivity contribution in [2.24, 2.45) is 0 Å². The van der Waals surface area contributed by atoms with Crippen molar-refractivity contribution >= 4 is 11.9 Å². The lowest BCUT2D eigenvalue weighted by molar-refractivity contribution is -0.148. The third-order valence-electron chi connectivity index (χ3n) is 2.46. The molecule has 0 amide bonds. The fourth-order valence-electron chi connectivity index (χ4n) is 1.42. The molecule has 0 aliphatic rings. The van der Waals surface area contributed by atoms with Crippen molar-refractivity contribution in [2.75, 3.05) is 52.9 Å². The van der Waals surface area contributed by atoms with Crippen molar-refractivity contribution in [1.29, 1.82) is 0 Å². The second kappa shape index (κ2) is 15.1. The topological polar surface area (TPSA) is 101 Å². The summed E-state index contributed by atoms with van der Waals surface area (Å²) in [4.78, 5) is 23.0.